The summed E-state index contributed by atoms with van der Waals surface area (Å²) in [7, 11) is -1.92. The van der Waals surface area contributed by atoms with Crippen molar-refractivity contribution in [1.29, 1.82) is 0 Å². The van der Waals surface area contributed by atoms with Crippen LogP contribution >= 0.6 is 11.6 Å². The number of hydrogen-bond acceptors (Lipinski definition) is 4. The lowest BCUT2D eigenvalue weighted by atomic mass is 10.4. The molecule has 0 aliphatic rings. The van der Waals surface area contributed by atoms with Crippen LogP contribution in [0.15, 0.2) is 29.2 Å². The maximum absolute atomic E-state index is 11.9. The summed E-state index contributed by atoms with van der Waals surface area (Å²) in [5, 5.41) is 0.390. The van der Waals surface area contributed by atoms with E-state index >= 15 is 0 Å². The Hall–Kier alpha value is -0.620. The molecule has 90 valence electrons. The number of ether oxygens (including phenoxy) is 1. The van der Waals surface area contributed by atoms with Gasteiger partial charge in [-0.3, -0.25) is 0 Å². The number of methoxy groups -OCH3 is 1. The second kappa shape index (κ2) is 5.63. The van der Waals surface area contributed by atoms with Gasteiger partial charge in [-0.05, 0) is 18.2 Å². The van der Waals surface area contributed by atoms with E-state index in [-0.39, 0.29) is 17.3 Å². The Kier molecular flexibility index (Phi) is 4.73. The SMILES string of the molecule is COCC(N)CS(=O)(=O)c1cccc(Cl)c1. The van der Waals surface area contributed by atoms with E-state index in [1.54, 1.807) is 12.1 Å². The summed E-state index contributed by atoms with van der Waals surface area (Å²) in [5.41, 5.74) is 5.61. The first-order valence-corrected chi connectivity index (χ1v) is 6.71. The van der Waals surface area contributed by atoms with Gasteiger partial charge < -0.3 is 10.5 Å². The second-order valence-corrected chi connectivity index (χ2v) is 5.92. The predicted molar refractivity (Wildman–Crippen MR) is 63.4 cm³/mol. The summed E-state index contributed by atoms with van der Waals surface area (Å²) in [4.78, 5) is 0.187. The van der Waals surface area contributed by atoms with Gasteiger partial charge in [0.25, 0.3) is 0 Å². The maximum atomic E-state index is 11.9. The number of sulfone groups is 1. The molecular weight excluding hydrogens is 250 g/mol. The summed E-state index contributed by atoms with van der Waals surface area (Å²) in [5.74, 6) is -0.152. The lowest BCUT2D eigenvalue weighted by Gasteiger charge is -2.11. The molecule has 6 heteroatoms. The van der Waals surface area contributed by atoms with E-state index in [1.165, 1.54) is 19.2 Å². The summed E-state index contributed by atoms with van der Waals surface area (Å²) in [6.07, 6.45) is 0. The van der Waals surface area contributed by atoms with E-state index in [1.807, 2.05) is 0 Å². The van der Waals surface area contributed by atoms with Crippen LogP contribution in [0.3, 0.4) is 0 Å². The molecule has 0 aliphatic carbocycles. The van der Waals surface area contributed by atoms with Crippen LogP contribution in [0.4, 0.5) is 0 Å². The molecule has 0 bridgehead atoms. The minimum atomic E-state index is -3.39. The number of hydrogen-bond donors (Lipinski definition) is 1. The van der Waals surface area contributed by atoms with Gasteiger partial charge in [0, 0.05) is 18.2 Å². The van der Waals surface area contributed by atoms with E-state index in [2.05, 4.69) is 0 Å². The number of halogens is 1. The molecule has 0 saturated heterocycles. The first kappa shape index (κ1) is 13.4. The Morgan fingerprint density at radius 3 is 2.75 bits per heavy atom. The Bertz CT molecular complexity index is 447. The van der Waals surface area contributed by atoms with Crippen LogP contribution in [0.2, 0.25) is 5.02 Å². The van der Waals surface area contributed by atoms with E-state index in [0.717, 1.165) is 0 Å². The third kappa shape index (κ3) is 3.75. The van der Waals surface area contributed by atoms with Crippen molar-refractivity contribution in [2.24, 2.45) is 5.73 Å². The molecule has 1 rings (SSSR count). The zero-order chi connectivity index (χ0) is 12.2. The third-order valence-electron chi connectivity index (χ3n) is 1.97. The van der Waals surface area contributed by atoms with Gasteiger partial charge in [-0.2, -0.15) is 0 Å². The van der Waals surface area contributed by atoms with Crippen molar-refractivity contribution >= 4 is 21.4 Å². The van der Waals surface area contributed by atoms with Crippen LogP contribution in [-0.4, -0.2) is 33.9 Å². The predicted octanol–water partition coefficient (Wildman–Crippen LogP) is 1.09. The normalized spacial score (nSPS) is 13.7. The van der Waals surface area contributed by atoms with Crippen molar-refractivity contribution in [1.82, 2.24) is 0 Å². The van der Waals surface area contributed by atoms with Crippen LogP contribution < -0.4 is 5.73 Å². The molecule has 2 N–H and O–H groups in total. The van der Waals surface area contributed by atoms with Gasteiger partial charge in [-0.1, -0.05) is 17.7 Å². The smallest absolute Gasteiger partial charge is 0.180 e. The highest BCUT2D eigenvalue weighted by Crippen LogP contribution is 2.17. The number of benzene rings is 1. The number of nitrogens with two attached hydrogens (primary N) is 1. The van der Waals surface area contributed by atoms with E-state index in [9.17, 15) is 8.42 Å². The van der Waals surface area contributed by atoms with Crippen LogP contribution in [0.1, 0.15) is 0 Å². The molecule has 1 aromatic carbocycles. The van der Waals surface area contributed by atoms with E-state index in [0.29, 0.717) is 5.02 Å². The van der Waals surface area contributed by atoms with Gasteiger partial charge in [-0.15, -0.1) is 0 Å². The molecule has 0 radical (unpaired) electrons. The first-order valence-electron chi connectivity index (χ1n) is 4.68. The summed E-state index contributed by atoms with van der Waals surface area (Å²) in [6.45, 7) is 0.208. The molecule has 0 aliphatic heterocycles. The number of rotatable bonds is 5. The van der Waals surface area contributed by atoms with Gasteiger partial charge in [0.1, 0.15) is 0 Å². The Morgan fingerprint density at radius 2 is 2.19 bits per heavy atom. The van der Waals surface area contributed by atoms with Crippen molar-refractivity contribution in [3.05, 3.63) is 29.3 Å². The zero-order valence-corrected chi connectivity index (χ0v) is 10.5. The molecule has 1 atom stereocenters. The first-order chi connectivity index (χ1) is 7.45. The highest BCUT2D eigenvalue weighted by atomic mass is 35.5. The molecule has 0 heterocycles. The third-order valence-corrected chi connectivity index (χ3v) is 4.04. The van der Waals surface area contributed by atoms with Crippen molar-refractivity contribution in [2.75, 3.05) is 19.5 Å². The van der Waals surface area contributed by atoms with Crippen LogP contribution in [-0.2, 0) is 14.6 Å². The zero-order valence-electron chi connectivity index (χ0n) is 8.89. The van der Waals surface area contributed by atoms with Gasteiger partial charge in [0.15, 0.2) is 9.84 Å². The van der Waals surface area contributed by atoms with Crippen LogP contribution in [0.25, 0.3) is 0 Å². The van der Waals surface area contributed by atoms with Crippen molar-refractivity contribution in [3.63, 3.8) is 0 Å². The fourth-order valence-electron chi connectivity index (χ4n) is 1.30. The standard InChI is InChI=1S/C10H14ClNO3S/c1-15-6-9(12)7-16(13,14)10-4-2-3-8(11)5-10/h2-5,9H,6-7,12H2,1H3. The van der Waals surface area contributed by atoms with Crippen molar-refractivity contribution in [3.8, 4) is 0 Å². The molecule has 0 spiro atoms. The molecule has 4 nitrogen and oxygen atoms in total. The topological polar surface area (TPSA) is 69.4 Å². The average Bonchev–Trinajstić information content (AvgIpc) is 2.17. The molecule has 1 aromatic rings. The van der Waals surface area contributed by atoms with Gasteiger partial charge in [0.2, 0.25) is 0 Å². The highest BCUT2D eigenvalue weighted by Gasteiger charge is 2.18. The molecule has 0 saturated carbocycles. The lowest BCUT2D eigenvalue weighted by molar-refractivity contribution is 0.186. The average molecular weight is 264 g/mol. The van der Waals surface area contributed by atoms with Crippen LogP contribution in [0, 0.1) is 0 Å². The summed E-state index contributed by atoms with van der Waals surface area (Å²) in [6, 6.07) is 5.60. The van der Waals surface area contributed by atoms with E-state index in [4.69, 9.17) is 22.1 Å². The van der Waals surface area contributed by atoms with E-state index < -0.39 is 15.9 Å². The maximum Gasteiger partial charge on any atom is 0.180 e. The summed E-state index contributed by atoms with van der Waals surface area (Å²) < 4.78 is 28.5. The fraction of sp³-hybridized carbons (Fsp3) is 0.400. The molecule has 16 heavy (non-hydrogen) atoms. The van der Waals surface area contributed by atoms with Crippen molar-refractivity contribution in [2.45, 2.75) is 10.9 Å². The fourth-order valence-corrected chi connectivity index (χ4v) is 3.00. The van der Waals surface area contributed by atoms with Gasteiger partial charge in [0.05, 0.1) is 17.3 Å². The quantitative estimate of drug-likeness (QED) is 0.863. The molecular formula is C10H14ClNO3S. The molecule has 0 fully saturated rings. The minimum Gasteiger partial charge on any atom is -0.383 e. The molecule has 1 unspecified atom stereocenters. The Balaban J connectivity index is 2.86. The second-order valence-electron chi connectivity index (χ2n) is 3.45. The Labute approximate surface area is 100 Å². The minimum absolute atomic E-state index is 0.152. The van der Waals surface area contributed by atoms with Crippen molar-refractivity contribution < 1.29 is 13.2 Å². The Morgan fingerprint density at radius 1 is 1.50 bits per heavy atom. The van der Waals surface area contributed by atoms with Crippen LogP contribution in [0.5, 0.6) is 0 Å². The summed E-state index contributed by atoms with van der Waals surface area (Å²) >= 11 is 5.73. The lowest BCUT2D eigenvalue weighted by Crippen LogP contribution is -2.33. The van der Waals surface area contributed by atoms with Gasteiger partial charge in [-0.25, -0.2) is 8.42 Å². The molecule has 0 amide bonds. The molecule has 0 aromatic heterocycles. The monoisotopic (exact) mass is 263 g/mol. The highest BCUT2D eigenvalue weighted by molar-refractivity contribution is 7.91. The van der Waals surface area contributed by atoms with Gasteiger partial charge >= 0.3 is 0 Å². The largest absolute Gasteiger partial charge is 0.383 e.